The average molecular weight is 461 g/mol. The molecule has 1 fully saturated rings. The summed E-state index contributed by atoms with van der Waals surface area (Å²) >= 11 is 0. The van der Waals surface area contributed by atoms with Gasteiger partial charge in [-0.1, -0.05) is 13.8 Å². The molecule has 180 valence electrons. The van der Waals surface area contributed by atoms with Crippen molar-refractivity contribution in [2.24, 2.45) is 5.92 Å². The van der Waals surface area contributed by atoms with Crippen molar-refractivity contribution in [1.82, 2.24) is 4.90 Å². The highest BCUT2D eigenvalue weighted by molar-refractivity contribution is 5.95. The summed E-state index contributed by atoms with van der Waals surface area (Å²) in [5.41, 5.74) is -1.69. The summed E-state index contributed by atoms with van der Waals surface area (Å²) in [6.45, 7) is 3.47. The van der Waals surface area contributed by atoms with Gasteiger partial charge in [-0.2, -0.15) is 0 Å². The Morgan fingerprint density at radius 2 is 1.56 bits per heavy atom. The average Bonchev–Trinajstić information content (AvgIpc) is 2.57. The molecule has 0 aliphatic carbocycles. The van der Waals surface area contributed by atoms with Gasteiger partial charge in [-0.05, 0) is 42.0 Å². The molecule has 2 heterocycles. The third kappa shape index (κ3) is 4.87. The number of piperidine rings is 1. The second-order valence-corrected chi connectivity index (χ2v) is 8.66. The topological polar surface area (TPSA) is 221 Å². The SMILES string of the molecule is CC(C)CC1(O)CN2CCc3cc(OC(O)(O)O)c(OC(O)(O)O)cc3C2C(O)(O)C1=O. The Balaban J connectivity index is 2.10. The summed E-state index contributed by atoms with van der Waals surface area (Å²) in [6.07, 6.45) is -7.26. The zero-order chi connectivity index (χ0) is 24.3. The van der Waals surface area contributed by atoms with Gasteiger partial charge >= 0.3 is 12.3 Å². The van der Waals surface area contributed by atoms with Crippen LogP contribution in [-0.2, 0) is 11.2 Å². The second kappa shape index (κ2) is 7.85. The van der Waals surface area contributed by atoms with Gasteiger partial charge in [-0.25, -0.2) is 0 Å². The predicted octanol–water partition coefficient (Wildman–Crippen LogP) is -3.44. The van der Waals surface area contributed by atoms with E-state index in [2.05, 4.69) is 9.47 Å². The van der Waals surface area contributed by atoms with Crippen molar-refractivity contribution in [2.75, 3.05) is 13.1 Å². The molecule has 0 bridgehead atoms. The lowest BCUT2D eigenvalue weighted by Crippen LogP contribution is -2.69. The number of ether oxygens (including phenoxy) is 2. The first kappa shape index (κ1) is 24.7. The van der Waals surface area contributed by atoms with Crippen LogP contribution in [0.25, 0.3) is 0 Å². The number of benzene rings is 1. The maximum atomic E-state index is 12.9. The number of fused-ring (bicyclic) bond motifs is 3. The molecule has 2 unspecified atom stereocenters. The zero-order valence-electron chi connectivity index (χ0n) is 17.3. The van der Waals surface area contributed by atoms with Gasteiger partial charge in [-0.15, -0.1) is 0 Å². The van der Waals surface area contributed by atoms with Crippen molar-refractivity contribution in [3.8, 4) is 11.5 Å². The van der Waals surface area contributed by atoms with Crippen LogP contribution in [0.15, 0.2) is 12.1 Å². The summed E-state index contributed by atoms with van der Waals surface area (Å²) in [6, 6.07) is 0.599. The molecule has 13 nitrogen and oxygen atoms in total. The van der Waals surface area contributed by atoms with E-state index in [0.29, 0.717) is 5.56 Å². The van der Waals surface area contributed by atoms with Gasteiger partial charge in [-0.3, -0.25) is 9.69 Å². The Morgan fingerprint density at radius 3 is 2.06 bits per heavy atom. The van der Waals surface area contributed by atoms with Crippen LogP contribution in [0.5, 0.6) is 11.5 Å². The smallest absolute Gasteiger partial charge is 0.413 e. The van der Waals surface area contributed by atoms with E-state index in [1.165, 1.54) is 4.90 Å². The van der Waals surface area contributed by atoms with Crippen LogP contribution in [0, 0.1) is 5.92 Å². The number of nitrogens with zero attached hydrogens (tertiary/aromatic N) is 1. The van der Waals surface area contributed by atoms with Gasteiger partial charge < -0.3 is 55.4 Å². The third-order valence-electron chi connectivity index (χ3n) is 5.38. The number of Topliss-reactive ketones (excluding diaryl/α,β-unsaturated/α-hetero) is 1. The van der Waals surface area contributed by atoms with Gasteiger partial charge in [0, 0.05) is 13.1 Å². The van der Waals surface area contributed by atoms with Gasteiger partial charge in [0.1, 0.15) is 5.60 Å². The molecule has 0 spiro atoms. The van der Waals surface area contributed by atoms with E-state index >= 15 is 0 Å². The number of carbonyl (C=O) groups is 1. The highest BCUT2D eigenvalue weighted by Crippen LogP contribution is 2.47. The van der Waals surface area contributed by atoms with Crippen molar-refractivity contribution in [1.29, 1.82) is 0 Å². The van der Waals surface area contributed by atoms with E-state index in [1.54, 1.807) is 13.8 Å². The van der Waals surface area contributed by atoms with E-state index in [1.807, 2.05) is 0 Å². The summed E-state index contributed by atoms with van der Waals surface area (Å²) < 4.78 is 9.00. The van der Waals surface area contributed by atoms with Crippen molar-refractivity contribution in [3.05, 3.63) is 23.3 Å². The Kier molecular flexibility index (Phi) is 6.06. The first-order valence-corrected chi connectivity index (χ1v) is 9.78. The lowest BCUT2D eigenvalue weighted by atomic mass is 9.73. The van der Waals surface area contributed by atoms with Crippen molar-refractivity contribution in [3.63, 3.8) is 0 Å². The van der Waals surface area contributed by atoms with Gasteiger partial charge in [0.05, 0.1) is 6.04 Å². The second-order valence-electron chi connectivity index (χ2n) is 8.66. The Hall–Kier alpha value is -1.91. The van der Waals surface area contributed by atoms with Gasteiger partial charge in [0.15, 0.2) is 11.5 Å². The summed E-state index contributed by atoms with van der Waals surface area (Å²) in [4.78, 5) is 14.4. The number of aliphatic hydroxyl groups is 9. The molecule has 2 atom stereocenters. The summed E-state index contributed by atoms with van der Waals surface area (Å²) in [5, 5.41) is 87.3. The lowest BCUT2D eigenvalue weighted by Gasteiger charge is -2.51. The van der Waals surface area contributed by atoms with Crippen LogP contribution < -0.4 is 9.47 Å². The quantitative estimate of drug-likeness (QED) is 0.188. The minimum Gasteiger partial charge on any atom is -0.413 e. The highest BCUT2D eigenvalue weighted by atomic mass is 16.9. The summed E-state index contributed by atoms with van der Waals surface area (Å²) in [7, 11) is 0. The van der Waals surface area contributed by atoms with Crippen LogP contribution in [0.4, 0.5) is 0 Å². The molecule has 2 aliphatic rings. The fourth-order valence-corrected chi connectivity index (χ4v) is 4.48. The molecule has 3 rings (SSSR count). The van der Waals surface area contributed by atoms with E-state index < -0.39 is 47.0 Å². The monoisotopic (exact) mass is 461 g/mol. The van der Waals surface area contributed by atoms with Crippen LogP contribution >= 0.6 is 0 Å². The fourth-order valence-electron chi connectivity index (χ4n) is 4.48. The maximum Gasteiger partial charge on any atom is 0.453 e. The molecular formula is C19H27NO12. The molecular weight excluding hydrogens is 434 g/mol. The molecule has 9 N–H and O–H groups in total. The number of ketones is 1. The molecule has 2 aliphatic heterocycles. The summed E-state index contributed by atoms with van der Waals surface area (Å²) in [5.74, 6) is -5.79. The number of rotatable bonds is 6. The predicted molar refractivity (Wildman–Crippen MR) is 101 cm³/mol. The third-order valence-corrected chi connectivity index (χ3v) is 5.38. The van der Waals surface area contributed by atoms with Crippen LogP contribution in [0.3, 0.4) is 0 Å². The number of carbonyl (C=O) groups excluding carboxylic acids is 1. The fraction of sp³-hybridized carbons (Fsp3) is 0.632. The van der Waals surface area contributed by atoms with Crippen LogP contribution in [0.2, 0.25) is 0 Å². The van der Waals surface area contributed by atoms with Crippen molar-refractivity contribution in [2.45, 2.75) is 56.4 Å². The van der Waals surface area contributed by atoms with E-state index in [0.717, 1.165) is 12.1 Å². The van der Waals surface area contributed by atoms with E-state index in [9.17, 15) is 35.4 Å². The maximum absolute atomic E-state index is 12.9. The minimum absolute atomic E-state index is 0.0143. The molecule has 1 aromatic rings. The standard InChI is InChI=1S/C19H27NO12/c1-9(2)7-16(22)8-20-4-3-10-5-12(31-18(25,26)27)13(32-19(28,29)30)6-11(10)14(20)17(23,24)15(16)21/h5-6,9,14,22-30H,3-4,7-8H2,1-2H3. The highest BCUT2D eigenvalue weighted by Gasteiger charge is 2.61. The normalized spacial score (nSPS) is 26.0. The van der Waals surface area contributed by atoms with Gasteiger partial charge in [0.25, 0.3) is 0 Å². The molecule has 0 aromatic heterocycles. The first-order valence-electron chi connectivity index (χ1n) is 9.78. The molecule has 1 aromatic carbocycles. The van der Waals surface area contributed by atoms with E-state index in [4.69, 9.17) is 15.3 Å². The Bertz CT molecular complexity index is 888. The molecule has 0 amide bonds. The molecule has 0 radical (unpaired) electrons. The van der Waals surface area contributed by atoms with Crippen molar-refractivity contribution < 1.29 is 60.2 Å². The molecule has 13 heteroatoms. The Morgan fingerprint density at radius 1 is 1.03 bits per heavy atom. The van der Waals surface area contributed by atoms with Crippen LogP contribution in [0.1, 0.15) is 37.4 Å². The largest absolute Gasteiger partial charge is 0.453 e. The molecule has 32 heavy (non-hydrogen) atoms. The number of hydrogen-bond acceptors (Lipinski definition) is 13. The number of hydrogen-bond donors (Lipinski definition) is 9. The van der Waals surface area contributed by atoms with E-state index in [-0.39, 0.29) is 37.4 Å². The Labute approximate surface area is 181 Å². The minimum atomic E-state index is -3.75. The first-order chi connectivity index (χ1) is 14.4. The van der Waals surface area contributed by atoms with Crippen LogP contribution in [-0.4, -0.2) is 93.4 Å². The van der Waals surface area contributed by atoms with Gasteiger partial charge in [0.2, 0.25) is 11.6 Å². The zero-order valence-corrected chi connectivity index (χ0v) is 17.3. The molecule has 0 saturated carbocycles. The van der Waals surface area contributed by atoms with Crippen molar-refractivity contribution >= 4 is 5.78 Å². The lowest BCUT2D eigenvalue weighted by molar-refractivity contribution is -0.428. The molecule has 1 saturated heterocycles.